The van der Waals surface area contributed by atoms with Crippen LogP contribution in [0.4, 0.5) is 0 Å². The van der Waals surface area contributed by atoms with Crippen molar-refractivity contribution in [1.82, 2.24) is 9.13 Å². The van der Waals surface area contributed by atoms with Gasteiger partial charge >= 0.3 is 0 Å². The Hall–Kier alpha value is -3.46. The van der Waals surface area contributed by atoms with Gasteiger partial charge in [-0.15, -0.1) is 0 Å². The summed E-state index contributed by atoms with van der Waals surface area (Å²) < 4.78 is 10.8. The number of hydrogen-bond donors (Lipinski definition) is 0. The van der Waals surface area contributed by atoms with Crippen molar-refractivity contribution in [3.05, 3.63) is 101 Å². The second-order valence-corrected chi connectivity index (χ2v) is 8.70. The van der Waals surface area contributed by atoms with E-state index in [4.69, 9.17) is 4.74 Å². The van der Waals surface area contributed by atoms with Gasteiger partial charge in [0.15, 0.2) is 0 Å². The van der Waals surface area contributed by atoms with Gasteiger partial charge in [0.1, 0.15) is 5.75 Å². The molecule has 5 aromatic rings. The summed E-state index contributed by atoms with van der Waals surface area (Å²) in [6, 6.07) is 26.2. The molecular weight excluding hydrogens is 404 g/mol. The molecule has 0 aliphatic heterocycles. The van der Waals surface area contributed by atoms with Crippen LogP contribution in [-0.2, 0) is 13.1 Å². The Labute approximate surface area is 196 Å². The molecule has 5 rings (SSSR count). The number of fused-ring (bicyclic) bond motifs is 2. The average Bonchev–Trinajstić information content (AvgIpc) is 3.30. The van der Waals surface area contributed by atoms with E-state index < -0.39 is 0 Å². The van der Waals surface area contributed by atoms with Gasteiger partial charge in [0.05, 0.1) is 7.11 Å². The Kier molecular flexibility index (Phi) is 5.49. The molecular formula is C30H32N2O. The number of rotatable bonds is 6. The second-order valence-electron chi connectivity index (χ2n) is 8.70. The molecule has 0 fully saturated rings. The Morgan fingerprint density at radius 2 is 1.12 bits per heavy atom. The van der Waals surface area contributed by atoms with Crippen LogP contribution in [0.25, 0.3) is 21.8 Å². The van der Waals surface area contributed by atoms with Gasteiger partial charge in [0, 0.05) is 57.8 Å². The fraction of sp³-hybridized carbons (Fsp3) is 0.267. The molecule has 2 aromatic heterocycles. The molecule has 3 nitrogen and oxygen atoms in total. The van der Waals surface area contributed by atoms with Crippen LogP contribution in [0.5, 0.6) is 5.75 Å². The number of ether oxygens (including phenoxy) is 1. The van der Waals surface area contributed by atoms with E-state index in [1.54, 1.807) is 7.11 Å². The lowest BCUT2D eigenvalue weighted by Gasteiger charge is -2.23. The summed E-state index contributed by atoms with van der Waals surface area (Å²) in [7, 11) is 1.78. The zero-order valence-electron chi connectivity index (χ0n) is 20.2. The molecule has 0 unspecified atom stereocenters. The molecule has 0 atom stereocenters. The van der Waals surface area contributed by atoms with Gasteiger partial charge in [-0.3, -0.25) is 0 Å². The third kappa shape index (κ3) is 3.18. The topological polar surface area (TPSA) is 19.1 Å². The average molecular weight is 437 g/mol. The Morgan fingerprint density at radius 1 is 0.667 bits per heavy atom. The molecule has 0 spiro atoms. The van der Waals surface area contributed by atoms with E-state index in [0.29, 0.717) is 0 Å². The predicted molar refractivity (Wildman–Crippen MR) is 139 cm³/mol. The lowest BCUT2D eigenvalue weighted by molar-refractivity contribution is 0.409. The van der Waals surface area contributed by atoms with Gasteiger partial charge in [-0.25, -0.2) is 0 Å². The number of benzene rings is 3. The number of methoxy groups -OCH3 is 1. The predicted octanol–water partition coefficient (Wildman–Crippen LogP) is 7.44. The molecule has 0 bridgehead atoms. The van der Waals surface area contributed by atoms with Gasteiger partial charge in [-0.05, 0) is 57.0 Å². The van der Waals surface area contributed by atoms with E-state index in [1.807, 2.05) is 0 Å². The van der Waals surface area contributed by atoms with E-state index in [9.17, 15) is 0 Å². The van der Waals surface area contributed by atoms with Gasteiger partial charge in [0.25, 0.3) is 0 Å². The second kappa shape index (κ2) is 8.47. The number of hydrogen-bond acceptors (Lipinski definition) is 1. The van der Waals surface area contributed by atoms with Crippen molar-refractivity contribution in [1.29, 1.82) is 0 Å². The summed E-state index contributed by atoms with van der Waals surface area (Å²) in [5.41, 5.74) is 9.19. The maximum atomic E-state index is 5.93. The van der Waals surface area contributed by atoms with E-state index >= 15 is 0 Å². The lowest BCUT2D eigenvalue weighted by atomic mass is 9.81. The van der Waals surface area contributed by atoms with Crippen molar-refractivity contribution in [3.63, 3.8) is 0 Å². The summed E-state index contributed by atoms with van der Waals surface area (Å²) >= 11 is 0. The van der Waals surface area contributed by atoms with E-state index in [1.165, 1.54) is 49.9 Å². The summed E-state index contributed by atoms with van der Waals surface area (Å²) in [6.07, 6.45) is 0. The fourth-order valence-corrected chi connectivity index (χ4v) is 5.82. The molecule has 0 saturated carbocycles. The summed E-state index contributed by atoms with van der Waals surface area (Å²) in [4.78, 5) is 0. The van der Waals surface area contributed by atoms with Crippen molar-refractivity contribution in [2.75, 3.05) is 7.11 Å². The van der Waals surface area contributed by atoms with Crippen molar-refractivity contribution in [2.45, 2.75) is 46.7 Å². The molecule has 0 radical (unpaired) electrons. The van der Waals surface area contributed by atoms with Crippen molar-refractivity contribution >= 4 is 21.8 Å². The minimum atomic E-state index is 0.0662. The number of para-hydroxylation sites is 3. The van der Waals surface area contributed by atoms with E-state index in [-0.39, 0.29) is 5.92 Å². The van der Waals surface area contributed by atoms with Gasteiger partial charge in [-0.2, -0.15) is 0 Å². The molecule has 0 saturated heterocycles. The molecule has 2 heterocycles. The van der Waals surface area contributed by atoms with Gasteiger partial charge < -0.3 is 13.9 Å². The normalized spacial score (nSPS) is 11.7. The van der Waals surface area contributed by atoms with Crippen LogP contribution in [0, 0.1) is 13.8 Å². The van der Waals surface area contributed by atoms with E-state index in [2.05, 4.69) is 110 Å². The van der Waals surface area contributed by atoms with Crippen LogP contribution in [0.15, 0.2) is 72.8 Å². The third-order valence-electron chi connectivity index (χ3n) is 7.22. The fourth-order valence-electron chi connectivity index (χ4n) is 5.82. The molecule has 0 amide bonds. The first-order valence-corrected chi connectivity index (χ1v) is 11.9. The van der Waals surface area contributed by atoms with E-state index in [0.717, 1.165) is 18.8 Å². The minimum absolute atomic E-state index is 0.0662. The number of aromatic nitrogens is 2. The Bertz CT molecular complexity index is 1370. The molecule has 3 aromatic carbocycles. The monoisotopic (exact) mass is 436 g/mol. The SMILES string of the molecule is CCn1c(C)c(C(c2ccccc2OC)c2c(C)n(CC)c3ccccc23)c2ccccc21. The molecule has 0 aliphatic carbocycles. The van der Waals surface area contributed by atoms with Gasteiger partial charge in [0.2, 0.25) is 0 Å². The lowest BCUT2D eigenvalue weighted by Crippen LogP contribution is -2.09. The van der Waals surface area contributed by atoms with Crippen LogP contribution < -0.4 is 4.74 Å². The smallest absolute Gasteiger partial charge is 0.123 e. The zero-order chi connectivity index (χ0) is 23.1. The third-order valence-corrected chi connectivity index (χ3v) is 7.22. The Balaban J connectivity index is 1.95. The quantitative estimate of drug-likeness (QED) is 0.271. The maximum absolute atomic E-state index is 5.93. The highest BCUT2D eigenvalue weighted by Gasteiger charge is 2.31. The van der Waals surface area contributed by atoms with Crippen molar-refractivity contribution in [2.24, 2.45) is 0 Å². The number of aryl methyl sites for hydroxylation is 2. The summed E-state index contributed by atoms with van der Waals surface area (Å²) in [5.74, 6) is 1.000. The first-order chi connectivity index (χ1) is 16.1. The minimum Gasteiger partial charge on any atom is -0.496 e. The van der Waals surface area contributed by atoms with Crippen LogP contribution in [0.1, 0.15) is 47.8 Å². The van der Waals surface area contributed by atoms with Crippen LogP contribution in [0.3, 0.4) is 0 Å². The number of nitrogens with zero attached hydrogens (tertiary/aromatic N) is 2. The largest absolute Gasteiger partial charge is 0.496 e. The molecule has 33 heavy (non-hydrogen) atoms. The highest BCUT2D eigenvalue weighted by atomic mass is 16.5. The summed E-state index contributed by atoms with van der Waals surface area (Å²) in [5, 5.41) is 2.64. The van der Waals surface area contributed by atoms with Crippen molar-refractivity contribution in [3.8, 4) is 5.75 Å². The van der Waals surface area contributed by atoms with Crippen molar-refractivity contribution < 1.29 is 4.74 Å². The van der Waals surface area contributed by atoms with Crippen LogP contribution in [0.2, 0.25) is 0 Å². The molecule has 0 aliphatic rings. The van der Waals surface area contributed by atoms with Crippen LogP contribution in [-0.4, -0.2) is 16.2 Å². The van der Waals surface area contributed by atoms with Gasteiger partial charge in [-0.1, -0.05) is 54.6 Å². The first-order valence-electron chi connectivity index (χ1n) is 11.9. The zero-order valence-corrected chi connectivity index (χ0v) is 20.2. The molecule has 168 valence electrons. The van der Waals surface area contributed by atoms with Crippen LogP contribution >= 0.6 is 0 Å². The highest BCUT2D eigenvalue weighted by Crippen LogP contribution is 2.46. The molecule has 0 N–H and O–H groups in total. The molecule has 3 heteroatoms. The first kappa shape index (κ1) is 21.4. The standard InChI is InChI=1S/C30H32N2O/c1-6-31-20(3)28(22-14-8-11-17-25(22)31)30(24-16-10-13-19-27(24)33-5)29-21(4)32(7-2)26-18-12-9-15-23(26)29/h8-19,30H,6-7H2,1-5H3. The Morgan fingerprint density at radius 3 is 1.61 bits per heavy atom. The highest BCUT2D eigenvalue weighted by molar-refractivity contribution is 5.92. The maximum Gasteiger partial charge on any atom is 0.123 e. The summed E-state index contributed by atoms with van der Waals surface area (Å²) in [6.45, 7) is 10.9.